The third kappa shape index (κ3) is 9.71. The van der Waals surface area contributed by atoms with E-state index in [2.05, 4.69) is 5.73 Å². The predicted molar refractivity (Wildman–Crippen MR) is 44.6 cm³/mol. The van der Waals surface area contributed by atoms with Crippen LogP contribution < -0.4 is 5.73 Å². The van der Waals surface area contributed by atoms with Crippen molar-refractivity contribution in [2.75, 3.05) is 0 Å². The number of carbonyl (C=O) groups is 2. The van der Waals surface area contributed by atoms with E-state index in [1.54, 1.807) is 31.9 Å². The molecule has 0 bridgehead atoms. The number of carboxylic acids is 1. The summed E-state index contributed by atoms with van der Waals surface area (Å²) in [6.07, 6.45) is 0. The van der Waals surface area contributed by atoms with Gasteiger partial charge in [-0.1, -0.05) is 0 Å². The van der Waals surface area contributed by atoms with Crippen molar-refractivity contribution in [2.45, 2.75) is 9.66 Å². The number of hydrogen-bond acceptors (Lipinski definition) is 2. The van der Waals surface area contributed by atoms with Gasteiger partial charge in [-0.2, -0.15) is 17.6 Å². The van der Waals surface area contributed by atoms with Gasteiger partial charge in [-0.25, -0.2) is 4.79 Å². The van der Waals surface area contributed by atoms with Gasteiger partial charge in [0, 0.05) is 31.9 Å². The number of carboxylic acid groups (broad SMARTS) is 1. The van der Waals surface area contributed by atoms with Gasteiger partial charge in [0.2, 0.25) is 0 Å². The maximum atomic E-state index is 11.3. The Kier molecular flexibility index (Phi) is 6.30. The maximum absolute atomic E-state index is 11.3. The molecule has 0 aliphatic heterocycles. The molecule has 0 aromatic heterocycles. The second-order valence-corrected chi connectivity index (χ2v) is 3.66. The van der Waals surface area contributed by atoms with Crippen molar-refractivity contribution in [1.82, 2.24) is 0 Å². The molecule has 0 unspecified atom stereocenters. The van der Waals surface area contributed by atoms with Crippen LogP contribution >= 0.6 is 31.9 Å². The summed E-state index contributed by atoms with van der Waals surface area (Å²) in [4.78, 5) is 11.4. The van der Waals surface area contributed by atoms with Crippen LogP contribution in [-0.2, 0) is 9.59 Å². The lowest BCUT2D eigenvalue weighted by Gasteiger charge is -1.98. The smallest absolute Gasteiger partial charge is 0.395 e. The molecule has 0 rings (SSSR count). The molecule has 0 aromatic rings. The fourth-order valence-electron chi connectivity index (χ4n) is 0. The van der Waals surface area contributed by atoms with E-state index in [1.165, 1.54) is 0 Å². The van der Waals surface area contributed by atoms with Crippen molar-refractivity contribution in [2.24, 2.45) is 5.73 Å². The molecule has 0 atom stereocenters. The molecule has 0 aliphatic rings. The number of halogens is 6. The summed E-state index contributed by atoms with van der Waals surface area (Å²) in [5.41, 5.74) is 4.13. The fourth-order valence-corrected chi connectivity index (χ4v) is 0. The van der Waals surface area contributed by atoms with Gasteiger partial charge in [0.25, 0.3) is 5.91 Å². The molecule has 4 nitrogen and oxygen atoms in total. The van der Waals surface area contributed by atoms with E-state index in [9.17, 15) is 27.2 Å². The quantitative estimate of drug-likeness (QED) is 0.586. The molecule has 14 heavy (non-hydrogen) atoms. The summed E-state index contributed by atoms with van der Waals surface area (Å²) in [7, 11) is 0. The summed E-state index contributed by atoms with van der Waals surface area (Å²) in [5, 5.41) is 7.45. The van der Waals surface area contributed by atoms with Crippen molar-refractivity contribution in [1.29, 1.82) is 0 Å². The number of primary amides is 1. The molecule has 0 aliphatic carbocycles. The zero-order valence-electron chi connectivity index (χ0n) is 6.11. The van der Waals surface area contributed by atoms with Crippen molar-refractivity contribution in [3.63, 3.8) is 0 Å². The van der Waals surface area contributed by atoms with Crippen LogP contribution in [0, 0.1) is 0 Å². The molecule has 0 spiro atoms. The SMILES string of the molecule is NC(=O)C(F)(F)Br.O=C(O)C(F)(F)Br. The van der Waals surface area contributed by atoms with E-state index >= 15 is 0 Å². The average molecular weight is 349 g/mol. The Morgan fingerprint density at radius 2 is 1.21 bits per heavy atom. The minimum absolute atomic E-state index is 1.61. The maximum Gasteiger partial charge on any atom is 0.395 e. The Labute approximate surface area is 91.7 Å². The summed E-state index contributed by atoms with van der Waals surface area (Å²) in [6.45, 7) is 0. The molecule has 0 fully saturated rings. The number of nitrogens with two attached hydrogens (primary N) is 1. The van der Waals surface area contributed by atoms with Gasteiger partial charge in [-0.05, 0) is 0 Å². The average Bonchev–Trinajstić information content (AvgIpc) is 1.83. The summed E-state index contributed by atoms with van der Waals surface area (Å²) >= 11 is 3.34. The second kappa shape index (κ2) is 5.49. The molecule has 0 saturated carbocycles. The Balaban J connectivity index is 0. The first kappa shape index (κ1) is 16.1. The zero-order valence-corrected chi connectivity index (χ0v) is 9.28. The third-order valence-corrected chi connectivity index (χ3v) is 1.25. The van der Waals surface area contributed by atoms with Gasteiger partial charge in [0.05, 0.1) is 0 Å². The fraction of sp³-hybridized carbons (Fsp3) is 0.500. The Morgan fingerprint density at radius 1 is 1.07 bits per heavy atom. The number of hydrogen-bond donors (Lipinski definition) is 2. The normalized spacial score (nSPS) is 11.3. The van der Waals surface area contributed by atoms with E-state index in [0.717, 1.165) is 0 Å². The van der Waals surface area contributed by atoms with Crippen molar-refractivity contribution in [3.05, 3.63) is 0 Å². The number of carbonyl (C=O) groups excluding carboxylic acids is 1. The van der Waals surface area contributed by atoms with Gasteiger partial charge in [-0.15, -0.1) is 0 Å². The molecule has 10 heteroatoms. The van der Waals surface area contributed by atoms with Crippen molar-refractivity contribution in [3.8, 4) is 0 Å². The number of rotatable bonds is 2. The summed E-state index contributed by atoms with van der Waals surface area (Å²) < 4.78 is 44.9. The molecular formula is C4H3Br2F4NO3. The van der Waals surface area contributed by atoms with Crippen LogP contribution in [0.2, 0.25) is 0 Å². The third-order valence-electron chi connectivity index (χ3n) is 0.522. The molecular weight excluding hydrogens is 346 g/mol. The monoisotopic (exact) mass is 347 g/mol. The van der Waals surface area contributed by atoms with E-state index in [-0.39, 0.29) is 0 Å². The molecule has 0 heterocycles. The van der Waals surface area contributed by atoms with Gasteiger partial charge in [0.1, 0.15) is 0 Å². The number of amides is 1. The molecule has 1 amide bonds. The first-order valence-corrected chi connectivity index (χ1v) is 4.14. The van der Waals surface area contributed by atoms with Crippen LogP contribution in [0.15, 0.2) is 0 Å². The van der Waals surface area contributed by atoms with Gasteiger partial charge < -0.3 is 10.8 Å². The van der Waals surface area contributed by atoms with E-state index in [1.807, 2.05) is 0 Å². The summed E-state index contributed by atoms with van der Waals surface area (Å²) in [6, 6.07) is 0. The molecule has 3 N–H and O–H groups in total. The highest BCUT2D eigenvalue weighted by atomic mass is 79.9. The van der Waals surface area contributed by atoms with Crippen molar-refractivity contribution < 1.29 is 32.3 Å². The van der Waals surface area contributed by atoms with E-state index in [0.29, 0.717) is 0 Å². The van der Waals surface area contributed by atoms with E-state index < -0.39 is 21.5 Å². The molecule has 84 valence electrons. The number of aliphatic carboxylic acids is 1. The second-order valence-electron chi connectivity index (χ2n) is 1.66. The van der Waals surface area contributed by atoms with Gasteiger partial charge in [-0.3, -0.25) is 4.79 Å². The lowest BCUT2D eigenvalue weighted by atomic mass is 10.7. The highest BCUT2D eigenvalue weighted by molar-refractivity contribution is 9.10. The van der Waals surface area contributed by atoms with Gasteiger partial charge >= 0.3 is 15.6 Å². The van der Waals surface area contributed by atoms with Crippen LogP contribution in [0.5, 0.6) is 0 Å². The lowest BCUT2D eigenvalue weighted by molar-refractivity contribution is -0.152. The van der Waals surface area contributed by atoms with Crippen molar-refractivity contribution >= 4 is 43.7 Å². The highest BCUT2D eigenvalue weighted by Crippen LogP contribution is 2.20. The first-order valence-electron chi connectivity index (χ1n) is 2.55. The predicted octanol–water partition coefficient (Wildman–Crippen LogP) is 1.52. The van der Waals surface area contributed by atoms with Crippen LogP contribution in [0.25, 0.3) is 0 Å². The standard InChI is InChI=1S/C2H2BrF2NO.C2HBrF2O2/c2*3-2(4,5)1(6)7/h(H2,6,7);(H,6,7). The highest BCUT2D eigenvalue weighted by Gasteiger charge is 2.34. The van der Waals surface area contributed by atoms with Crippen LogP contribution in [0.4, 0.5) is 17.6 Å². The van der Waals surface area contributed by atoms with Crippen LogP contribution in [0.3, 0.4) is 0 Å². The largest absolute Gasteiger partial charge is 0.476 e. The number of alkyl halides is 6. The topological polar surface area (TPSA) is 80.4 Å². The minimum atomic E-state index is -3.77. The first-order chi connectivity index (χ1) is 5.89. The Bertz CT molecular complexity index is 200. The molecule has 0 saturated heterocycles. The molecule has 0 radical (unpaired) electrons. The molecule has 0 aromatic carbocycles. The Hall–Kier alpha value is -0.380. The zero-order chi connectivity index (χ0) is 12.2. The van der Waals surface area contributed by atoms with E-state index in [4.69, 9.17) is 5.11 Å². The van der Waals surface area contributed by atoms with Crippen LogP contribution in [0.1, 0.15) is 0 Å². The minimum Gasteiger partial charge on any atom is -0.476 e. The van der Waals surface area contributed by atoms with Gasteiger partial charge in [0.15, 0.2) is 0 Å². The summed E-state index contributed by atoms with van der Waals surface area (Å²) in [5.74, 6) is -3.85. The Morgan fingerprint density at radius 3 is 1.21 bits per heavy atom. The van der Waals surface area contributed by atoms with Crippen LogP contribution in [-0.4, -0.2) is 26.6 Å². The lowest BCUT2D eigenvalue weighted by Crippen LogP contribution is -2.28.